The number of hydrogen-bond donors (Lipinski definition) is 0. The molecular formula is C7H11N2O. The zero-order valence-corrected chi connectivity index (χ0v) is 6.29. The molecule has 0 saturated carbocycles. The van der Waals surface area contributed by atoms with Crippen molar-refractivity contribution in [3.05, 3.63) is 6.54 Å². The second kappa shape index (κ2) is 4.80. The number of rotatable bonds is 3. The SMILES string of the molecule is CCC[CH]N(C#N)C(C)=O. The van der Waals surface area contributed by atoms with Crippen LogP contribution < -0.4 is 0 Å². The number of hydrogen-bond acceptors (Lipinski definition) is 2. The monoisotopic (exact) mass is 139 g/mol. The van der Waals surface area contributed by atoms with Gasteiger partial charge in [0.25, 0.3) is 0 Å². The molecule has 0 aromatic rings. The Morgan fingerprint density at radius 2 is 2.40 bits per heavy atom. The average Bonchev–Trinajstić information content (AvgIpc) is 1.89. The summed E-state index contributed by atoms with van der Waals surface area (Å²) >= 11 is 0. The maximum absolute atomic E-state index is 10.6. The Morgan fingerprint density at radius 3 is 2.70 bits per heavy atom. The summed E-state index contributed by atoms with van der Waals surface area (Å²) in [6.07, 6.45) is 3.49. The summed E-state index contributed by atoms with van der Waals surface area (Å²) in [5.74, 6) is -0.226. The van der Waals surface area contributed by atoms with E-state index in [4.69, 9.17) is 5.26 Å². The molecule has 1 radical (unpaired) electrons. The van der Waals surface area contributed by atoms with Crippen molar-refractivity contribution in [1.29, 1.82) is 5.26 Å². The van der Waals surface area contributed by atoms with E-state index >= 15 is 0 Å². The zero-order chi connectivity index (χ0) is 7.98. The smallest absolute Gasteiger partial charge is 0.232 e. The Morgan fingerprint density at radius 1 is 1.80 bits per heavy atom. The normalized spacial score (nSPS) is 8.50. The van der Waals surface area contributed by atoms with E-state index in [9.17, 15) is 4.79 Å². The minimum Gasteiger partial charge on any atom is -0.274 e. The first-order valence-electron chi connectivity index (χ1n) is 3.25. The van der Waals surface area contributed by atoms with Gasteiger partial charge in [0.15, 0.2) is 6.19 Å². The van der Waals surface area contributed by atoms with Crippen LogP contribution in [0.25, 0.3) is 0 Å². The lowest BCUT2D eigenvalue weighted by atomic mass is 10.3. The molecular weight excluding hydrogens is 128 g/mol. The van der Waals surface area contributed by atoms with E-state index in [1.807, 2.05) is 6.92 Å². The largest absolute Gasteiger partial charge is 0.274 e. The van der Waals surface area contributed by atoms with Crippen molar-refractivity contribution < 1.29 is 4.79 Å². The van der Waals surface area contributed by atoms with Gasteiger partial charge in [0.05, 0.1) is 6.54 Å². The number of nitrogens with zero attached hydrogens (tertiary/aromatic N) is 2. The molecule has 0 aliphatic heterocycles. The third-order valence-corrected chi connectivity index (χ3v) is 1.05. The Labute approximate surface area is 61.2 Å². The van der Waals surface area contributed by atoms with E-state index in [2.05, 4.69) is 0 Å². The van der Waals surface area contributed by atoms with E-state index < -0.39 is 0 Å². The minimum atomic E-state index is -0.226. The average molecular weight is 139 g/mol. The van der Waals surface area contributed by atoms with Crippen LogP contribution in [0.4, 0.5) is 0 Å². The molecule has 0 bridgehead atoms. The zero-order valence-electron chi connectivity index (χ0n) is 6.29. The van der Waals surface area contributed by atoms with Crippen LogP contribution >= 0.6 is 0 Å². The molecule has 0 fully saturated rings. The van der Waals surface area contributed by atoms with Crippen LogP contribution in [0.1, 0.15) is 26.7 Å². The molecule has 0 spiro atoms. The highest BCUT2D eigenvalue weighted by Crippen LogP contribution is 1.98. The number of amides is 1. The number of unbranched alkanes of at least 4 members (excludes halogenated alkanes) is 1. The first-order chi connectivity index (χ1) is 4.72. The maximum atomic E-state index is 10.6. The first kappa shape index (κ1) is 8.96. The summed E-state index contributed by atoms with van der Waals surface area (Å²) in [4.78, 5) is 11.6. The second-order valence-electron chi connectivity index (χ2n) is 1.96. The number of carbonyl (C=O) groups excluding carboxylic acids is 1. The van der Waals surface area contributed by atoms with E-state index in [-0.39, 0.29) is 5.91 Å². The molecule has 3 heteroatoms. The fourth-order valence-corrected chi connectivity index (χ4v) is 0.498. The number of carbonyl (C=O) groups is 1. The Bertz CT molecular complexity index is 148. The molecule has 0 atom stereocenters. The summed E-state index contributed by atoms with van der Waals surface area (Å²) in [7, 11) is 0. The van der Waals surface area contributed by atoms with Gasteiger partial charge >= 0.3 is 0 Å². The van der Waals surface area contributed by atoms with Gasteiger partial charge in [-0.15, -0.1) is 0 Å². The molecule has 0 aliphatic rings. The van der Waals surface area contributed by atoms with Crippen LogP contribution in [0.5, 0.6) is 0 Å². The predicted octanol–water partition coefficient (Wildman–Crippen LogP) is 1.28. The van der Waals surface area contributed by atoms with Gasteiger partial charge < -0.3 is 0 Å². The van der Waals surface area contributed by atoms with Crippen LogP contribution in [0, 0.1) is 18.0 Å². The van der Waals surface area contributed by atoms with Crippen LogP contribution in [-0.4, -0.2) is 10.8 Å². The topological polar surface area (TPSA) is 44.1 Å². The standard InChI is InChI=1S/C7H11N2O/c1-3-4-5-9(6-8)7(2)10/h5H,3-4H2,1-2H3. The highest BCUT2D eigenvalue weighted by Gasteiger charge is 2.04. The van der Waals surface area contributed by atoms with E-state index in [0.29, 0.717) is 0 Å². The molecule has 0 heterocycles. The fraction of sp³-hybridized carbons (Fsp3) is 0.571. The molecule has 0 aromatic heterocycles. The number of nitriles is 1. The Kier molecular flexibility index (Phi) is 4.30. The summed E-state index contributed by atoms with van der Waals surface area (Å²) in [6, 6.07) is 0. The molecule has 0 saturated heterocycles. The lowest BCUT2D eigenvalue weighted by Gasteiger charge is -2.07. The summed E-state index contributed by atoms with van der Waals surface area (Å²) < 4.78 is 0. The summed E-state index contributed by atoms with van der Waals surface area (Å²) in [6.45, 7) is 4.96. The lowest BCUT2D eigenvalue weighted by molar-refractivity contribution is -0.124. The van der Waals surface area contributed by atoms with Gasteiger partial charge in [-0.3, -0.25) is 4.79 Å². The van der Waals surface area contributed by atoms with E-state index in [1.54, 1.807) is 12.7 Å². The molecule has 0 N–H and O–H groups in total. The van der Waals surface area contributed by atoms with Gasteiger partial charge in [0, 0.05) is 6.92 Å². The van der Waals surface area contributed by atoms with Crippen molar-refractivity contribution in [2.45, 2.75) is 26.7 Å². The second-order valence-corrected chi connectivity index (χ2v) is 1.96. The van der Waals surface area contributed by atoms with Crippen molar-refractivity contribution in [2.24, 2.45) is 0 Å². The van der Waals surface area contributed by atoms with Gasteiger partial charge in [0.1, 0.15) is 0 Å². The van der Waals surface area contributed by atoms with Crippen molar-refractivity contribution in [2.75, 3.05) is 0 Å². The highest BCUT2D eigenvalue weighted by molar-refractivity contribution is 5.75. The minimum absolute atomic E-state index is 0.226. The van der Waals surface area contributed by atoms with Crippen LogP contribution in [0.2, 0.25) is 0 Å². The molecule has 0 aliphatic carbocycles. The molecule has 0 aromatic carbocycles. The van der Waals surface area contributed by atoms with Crippen molar-refractivity contribution in [1.82, 2.24) is 4.90 Å². The molecule has 10 heavy (non-hydrogen) atoms. The van der Waals surface area contributed by atoms with Crippen LogP contribution in [0.3, 0.4) is 0 Å². The van der Waals surface area contributed by atoms with Gasteiger partial charge in [-0.1, -0.05) is 13.3 Å². The van der Waals surface area contributed by atoms with Gasteiger partial charge in [-0.2, -0.15) is 5.26 Å². The lowest BCUT2D eigenvalue weighted by Crippen LogP contribution is -2.19. The quantitative estimate of drug-likeness (QED) is 0.436. The Balaban J connectivity index is 3.64. The molecule has 0 rings (SSSR count). The highest BCUT2D eigenvalue weighted by atomic mass is 16.2. The van der Waals surface area contributed by atoms with E-state index in [1.165, 1.54) is 6.92 Å². The maximum Gasteiger partial charge on any atom is 0.232 e. The van der Waals surface area contributed by atoms with Gasteiger partial charge in [0.2, 0.25) is 5.91 Å². The van der Waals surface area contributed by atoms with Crippen molar-refractivity contribution >= 4 is 5.91 Å². The summed E-state index contributed by atoms with van der Waals surface area (Å²) in [5.41, 5.74) is 0. The first-order valence-corrected chi connectivity index (χ1v) is 3.25. The van der Waals surface area contributed by atoms with Gasteiger partial charge in [-0.05, 0) is 6.42 Å². The summed E-state index contributed by atoms with van der Waals surface area (Å²) in [5, 5.41) is 8.35. The van der Waals surface area contributed by atoms with Crippen molar-refractivity contribution in [3.63, 3.8) is 0 Å². The van der Waals surface area contributed by atoms with E-state index in [0.717, 1.165) is 17.7 Å². The van der Waals surface area contributed by atoms with Crippen LogP contribution in [0.15, 0.2) is 0 Å². The van der Waals surface area contributed by atoms with Crippen LogP contribution in [-0.2, 0) is 4.79 Å². The van der Waals surface area contributed by atoms with Gasteiger partial charge in [-0.25, -0.2) is 4.90 Å². The fourth-order valence-electron chi connectivity index (χ4n) is 0.498. The molecule has 3 nitrogen and oxygen atoms in total. The molecule has 0 unspecified atom stereocenters. The predicted molar refractivity (Wildman–Crippen MR) is 37.3 cm³/mol. The van der Waals surface area contributed by atoms with Crippen molar-refractivity contribution in [3.8, 4) is 6.19 Å². The third kappa shape index (κ3) is 3.08. The molecule has 1 amide bonds. The molecule has 55 valence electrons. The third-order valence-electron chi connectivity index (χ3n) is 1.05. The Hall–Kier alpha value is -1.04.